The van der Waals surface area contributed by atoms with Crippen LogP contribution in [0.25, 0.3) is 0 Å². The predicted molar refractivity (Wildman–Crippen MR) is 71.0 cm³/mol. The minimum atomic E-state index is 0.222. The van der Waals surface area contributed by atoms with E-state index in [-0.39, 0.29) is 6.04 Å². The van der Waals surface area contributed by atoms with Crippen LogP contribution >= 0.6 is 0 Å². The standard InChI is InChI=1S/C13H21N3/c1-5-16(13(14)15-10(2)3)12-8-6-11(4)7-9-12/h6-10H,5H2,1-4H3,(H2,14,15). The van der Waals surface area contributed by atoms with Crippen LogP contribution < -0.4 is 10.6 Å². The summed E-state index contributed by atoms with van der Waals surface area (Å²) >= 11 is 0. The molecule has 0 bridgehead atoms. The minimum absolute atomic E-state index is 0.222. The third-order valence-electron chi connectivity index (χ3n) is 2.33. The highest BCUT2D eigenvalue weighted by Gasteiger charge is 2.08. The average molecular weight is 219 g/mol. The van der Waals surface area contributed by atoms with E-state index in [2.05, 4.69) is 43.1 Å². The maximum absolute atomic E-state index is 5.98. The molecule has 0 aliphatic rings. The number of hydrogen-bond donors (Lipinski definition) is 1. The van der Waals surface area contributed by atoms with Gasteiger partial charge in [-0.25, -0.2) is 0 Å². The van der Waals surface area contributed by atoms with Gasteiger partial charge >= 0.3 is 0 Å². The smallest absolute Gasteiger partial charge is 0.196 e. The van der Waals surface area contributed by atoms with Crippen molar-refractivity contribution in [3.8, 4) is 0 Å². The number of rotatable bonds is 3. The molecule has 0 fully saturated rings. The first-order chi connectivity index (χ1) is 7.54. The second kappa shape index (κ2) is 5.54. The molecule has 0 atom stereocenters. The lowest BCUT2D eigenvalue weighted by Gasteiger charge is -2.22. The summed E-state index contributed by atoms with van der Waals surface area (Å²) in [5, 5.41) is 0. The van der Waals surface area contributed by atoms with Gasteiger partial charge in [0.25, 0.3) is 0 Å². The highest BCUT2D eigenvalue weighted by atomic mass is 15.3. The Balaban J connectivity index is 2.94. The fraction of sp³-hybridized carbons (Fsp3) is 0.462. The van der Waals surface area contributed by atoms with Gasteiger partial charge in [-0.15, -0.1) is 0 Å². The Labute approximate surface area is 98.0 Å². The molecule has 0 saturated heterocycles. The minimum Gasteiger partial charge on any atom is -0.370 e. The third-order valence-corrected chi connectivity index (χ3v) is 2.33. The maximum atomic E-state index is 5.98. The van der Waals surface area contributed by atoms with Crippen molar-refractivity contribution in [3.05, 3.63) is 29.8 Å². The Hall–Kier alpha value is -1.51. The van der Waals surface area contributed by atoms with Crippen molar-refractivity contribution < 1.29 is 0 Å². The summed E-state index contributed by atoms with van der Waals surface area (Å²) in [5.74, 6) is 0.585. The Morgan fingerprint density at radius 3 is 2.31 bits per heavy atom. The lowest BCUT2D eigenvalue weighted by molar-refractivity contribution is 0.824. The molecule has 0 spiro atoms. The first kappa shape index (κ1) is 12.6. The molecular weight excluding hydrogens is 198 g/mol. The van der Waals surface area contributed by atoms with E-state index in [1.807, 2.05) is 18.7 Å². The fourth-order valence-corrected chi connectivity index (χ4v) is 1.54. The molecule has 3 nitrogen and oxygen atoms in total. The van der Waals surface area contributed by atoms with E-state index in [1.165, 1.54) is 5.56 Å². The van der Waals surface area contributed by atoms with Crippen LogP contribution in [0.5, 0.6) is 0 Å². The summed E-state index contributed by atoms with van der Waals surface area (Å²) in [6.45, 7) is 9.02. The average Bonchev–Trinajstić information content (AvgIpc) is 2.21. The lowest BCUT2D eigenvalue weighted by Crippen LogP contribution is -2.38. The van der Waals surface area contributed by atoms with Crippen LogP contribution in [-0.2, 0) is 0 Å². The number of anilines is 1. The molecule has 0 amide bonds. The Morgan fingerprint density at radius 2 is 1.88 bits per heavy atom. The van der Waals surface area contributed by atoms with E-state index in [0.717, 1.165) is 12.2 Å². The van der Waals surface area contributed by atoms with Crippen LogP contribution in [0.2, 0.25) is 0 Å². The number of aryl methyl sites for hydroxylation is 1. The monoisotopic (exact) mass is 219 g/mol. The van der Waals surface area contributed by atoms with Crippen molar-refractivity contribution in [3.63, 3.8) is 0 Å². The Bertz CT molecular complexity index is 352. The van der Waals surface area contributed by atoms with Gasteiger partial charge in [0, 0.05) is 18.3 Å². The molecule has 0 aliphatic carbocycles. The van der Waals surface area contributed by atoms with Crippen molar-refractivity contribution in [2.24, 2.45) is 10.7 Å². The SMILES string of the molecule is CCN(C(N)=NC(C)C)c1ccc(C)cc1. The summed E-state index contributed by atoms with van der Waals surface area (Å²) in [6, 6.07) is 8.53. The topological polar surface area (TPSA) is 41.6 Å². The highest BCUT2D eigenvalue weighted by molar-refractivity contribution is 5.94. The predicted octanol–water partition coefficient (Wildman–Crippen LogP) is 2.54. The van der Waals surface area contributed by atoms with E-state index < -0.39 is 0 Å². The van der Waals surface area contributed by atoms with Gasteiger partial charge in [-0.05, 0) is 39.8 Å². The molecule has 0 radical (unpaired) electrons. The molecule has 0 saturated carbocycles. The van der Waals surface area contributed by atoms with Gasteiger partial charge in [0.1, 0.15) is 0 Å². The molecule has 1 aromatic carbocycles. The van der Waals surface area contributed by atoms with E-state index in [9.17, 15) is 0 Å². The number of nitrogens with zero attached hydrogens (tertiary/aromatic N) is 2. The number of guanidine groups is 1. The largest absolute Gasteiger partial charge is 0.370 e. The Kier molecular flexibility index (Phi) is 4.35. The van der Waals surface area contributed by atoms with Crippen LogP contribution in [0.4, 0.5) is 5.69 Å². The van der Waals surface area contributed by atoms with Crippen molar-refractivity contribution in [1.82, 2.24) is 0 Å². The zero-order valence-corrected chi connectivity index (χ0v) is 10.6. The molecule has 0 aromatic heterocycles. The van der Waals surface area contributed by atoms with E-state index in [0.29, 0.717) is 5.96 Å². The van der Waals surface area contributed by atoms with Crippen LogP contribution in [0, 0.1) is 6.92 Å². The molecule has 2 N–H and O–H groups in total. The lowest BCUT2D eigenvalue weighted by atomic mass is 10.2. The van der Waals surface area contributed by atoms with Crippen LogP contribution in [0.15, 0.2) is 29.3 Å². The zero-order chi connectivity index (χ0) is 12.1. The maximum Gasteiger partial charge on any atom is 0.196 e. The number of hydrogen-bond acceptors (Lipinski definition) is 1. The molecule has 3 heteroatoms. The summed E-state index contributed by atoms with van der Waals surface area (Å²) in [4.78, 5) is 6.38. The van der Waals surface area contributed by atoms with Gasteiger partial charge in [-0.2, -0.15) is 0 Å². The number of nitrogens with two attached hydrogens (primary N) is 1. The van der Waals surface area contributed by atoms with Gasteiger partial charge in [-0.1, -0.05) is 17.7 Å². The third kappa shape index (κ3) is 3.26. The normalized spacial score (nSPS) is 11.9. The van der Waals surface area contributed by atoms with Crippen LogP contribution in [0.3, 0.4) is 0 Å². The summed E-state index contributed by atoms with van der Waals surface area (Å²) in [5.41, 5.74) is 8.32. The van der Waals surface area contributed by atoms with Crippen molar-refractivity contribution in [2.45, 2.75) is 33.7 Å². The highest BCUT2D eigenvalue weighted by Crippen LogP contribution is 2.14. The second-order valence-corrected chi connectivity index (χ2v) is 4.16. The molecule has 16 heavy (non-hydrogen) atoms. The van der Waals surface area contributed by atoms with Gasteiger partial charge in [0.05, 0.1) is 0 Å². The fourth-order valence-electron chi connectivity index (χ4n) is 1.54. The van der Waals surface area contributed by atoms with E-state index >= 15 is 0 Å². The van der Waals surface area contributed by atoms with Crippen LogP contribution in [0.1, 0.15) is 26.3 Å². The van der Waals surface area contributed by atoms with Crippen molar-refractivity contribution in [1.29, 1.82) is 0 Å². The second-order valence-electron chi connectivity index (χ2n) is 4.16. The molecule has 1 aromatic rings. The number of aliphatic imine (C=N–C) groups is 1. The molecular formula is C13H21N3. The van der Waals surface area contributed by atoms with Crippen molar-refractivity contribution >= 4 is 11.6 Å². The summed E-state index contributed by atoms with van der Waals surface area (Å²) in [6.07, 6.45) is 0. The van der Waals surface area contributed by atoms with Gasteiger partial charge < -0.3 is 10.6 Å². The van der Waals surface area contributed by atoms with E-state index in [4.69, 9.17) is 5.73 Å². The number of benzene rings is 1. The summed E-state index contributed by atoms with van der Waals surface area (Å²) in [7, 11) is 0. The molecule has 0 unspecified atom stereocenters. The molecule has 0 heterocycles. The molecule has 0 aliphatic heterocycles. The van der Waals surface area contributed by atoms with E-state index in [1.54, 1.807) is 0 Å². The first-order valence-corrected chi connectivity index (χ1v) is 5.72. The van der Waals surface area contributed by atoms with Crippen molar-refractivity contribution in [2.75, 3.05) is 11.4 Å². The summed E-state index contributed by atoms with van der Waals surface area (Å²) < 4.78 is 0. The quantitative estimate of drug-likeness (QED) is 0.627. The van der Waals surface area contributed by atoms with Gasteiger partial charge in [0.2, 0.25) is 0 Å². The van der Waals surface area contributed by atoms with Gasteiger partial charge in [-0.3, -0.25) is 4.99 Å². The van der Waals surface area contributed by atoms with Gasteiger partial charge in [0.15, 0.2) is 5.96 Å². The van der Waals surface area contributed by atoms with Crippen LogP contribution in [-0.4, -0.2) is 18.5 Å². The zero-order valence-electron chi connectivity index (χ0n) is 10.6. The Morgan fingerprint density at radius 1 is 1.31 bits per heavy atom. The first-order valence-electron chi connectivity index (χ1n) is 5.72. The molecule has 1 rings (SSSR count). The molecule has 88 valence electrons.